The van der Waals surface area contributed by atoms with Gasteiger partial charge in [0.05, 0.1) is 6.20 Å². The number of rotatable bonds is 9. The molecule has 1 aromatic carbocycles. The Bertz CT molecular complexity index is 1380. The van der Waals surface area contributed by atoms with Crippen LogP contribution >= 0.6 is 0 Å². The monoisotopic (exact) mass is 589 g/mol. The molecule has 12 heteroatoms. The number of primary amides is 1. The normalized spacial score (nSPS) is 19.4. The van der Waals surface area contributed by atoms with E-state index >= 15 is 0 Å². The van der Waals surface area contributed by atoms with Gasteiger partial charge in [-0.05, 0) is 62.9 Å². The molecular formula is C31H43N9O3. The van der Waals surface area contributed by atoms with Gasteiger partial charge in [0.1, 0.15) is 0 Å². The third-order valence-electron chi connectivity index (χ3n) is 8.94. The van der Waals surface area contributed by atoms with Gasteiger partial charge in [-0.3, -0.25) is 9.69 Å². The van der Waals surface area contributed by atoms with E-state index in [-0.39, 0.29) is 11.7 Å². The minimum Gasteiger partial charge on any atom is -0.442 e. The number of oxazole rings is 1. The first-order valence-corrected chi connectivity index (χ1v) is 15.5. The first-order chi connectivity index (χ1) is 21.0. The number of carbonyl (C=O) groups is 1. The summed E-state index contributed by atoms with van der Waals surface area (Å²) in [5.74, 6) is 0.536. The second-order valence-electron chi connectivity index (χ2n) is 11.8. The first kappa shape index (κ1) is 29.3. The summed E-state index contributed by atoms with van der Waals surface area (Å²) < 4.78 is 11.0. The molecule has 6 rings (SSSR count). The van der Waals surface area contributed by atoms with Gasteiger partial charge in [-0.25, -0.2) is 15.0 Å². The van der Waals surface area contributed by atoms with Crippen LogP contribution < -0.4 is 21.3 Å². The van der Waals surface area contributed by atoms with E-state index in [1.165, 1.54) is 43.6 Å². The number of nitrogens with zero attached hydrogens (tertiary/aromatic N) is 6. The minimum atomic E-state index is -0.677. The third-order valence-corrected chi connectivity index (χ3v) is 8.94. The Hall–Kier alpha value is -3.74. The van der Waals surface area contributed by atoms with Gasteiger partial charge in [0, 0.05) is 75.9 Å². The highest BCUT2D eigenvalue weighted by Crippen LogP contribution is 2.33. The summed E-state index contributed by atoms with van der Waals surface area (Å²) in [5, 5.41) is 6.84. The van der Waals surface area contributed by atoms with Crippen LogP contribution in [0.5, 0.6) is 0 Å². The lowest BCUT2D eigenvalue weighted by atomic mass is 10.00. The molecule has 230 valence electrons. The van der Waals surface area contributed by atoms with Gasteiger partial charge >= 0.3 is 0 Å². The number of ether oxygens (including phenoxy) is 1. The lowest BCUT2D eigenvalue weighted by Crippen LogP contribution is -2.52. The molecule has 0 atom stereocenters. The number of anilines is 4. The highest BCUT2D eigenvalue weighted by atomic mass is 16.5. The molecule has 3 aliphatic heterocycles. The van der Waals surface area contributed by atoms with Gasteiger partial charge in [0.25, 0.3) is 5.91 Å². The molecule has 0 saturated carbocycles. The number of amides is 1. The number of likely N-dealkylation sites (N-methyl/N-ethyl adjacent to an activating group) is 1. The zero-order valence-corrected chi connectivity index (χ0v) is 25.2. The number of nitrogens with one attached hydrogen (secondary N) is 2. The summed E-state index contributed by atoms with van der Waals surface area (Å²) in [5.41, 5.74) is 9.58. The van der Waals surface area contributed by atoms with Crippen LogP contribution in [0.3, 0.4) is 0 Å². The van der Waals surface area contributed by atoms with E-state index in [9.17, 15) is 4.79 Å². The number of piperazine rings is 1. The average Bonchev–Trinajstić information content (AvgIpc) is 3.57. The van der Waals surface area contributed by atoms with Gasteiger partial charge in [-0.1, -0.05) is 6.92 Å². The first-order valence-electron chi connectivity index (χ1n) is 15.5. The second kappa shape index (κ2) is 13.3. The predicted octanol–water partition coefficient (Wildman–Crippen LogP) is 3.34. The number of aryl methyl sites for hydroxylation is 1. The van der Waals surface area contributed by atoms with Gasteiger partial charge in [0.2, 0.25) is 0 Å². The number of carbonyl (C=O) groups excluding carboxylic acids is 1. The summed E-state index contributed by atoms with van der Waals surface area (Å²) in [6.07, 6.45) is 7.82. The average molecular weight is 590 g/mol. The lowest BCUT2D eigenvalue weighted by molar-refractivity contribution is 0.0904. The van der Waals surface area contributed by atoms with E-state index in [0.717, 1.165) is 51.1 Å². The van der Waals surface area contributed by atoms with E-state index in [0.29, 0.717) is 42.3 Å². The van der Waals surface area contributed by atoms with Gasteiger partial charge in [0.15, 0.2) is 35.2 Å². The van der Waals surface area contributed by atoms with Crippen molar-refractivity contribution in [2.24, 2.45) is 5.73 Å². The Kier molecular flexibility index (Phi) is 9.06. The summed E-state index contributed by atoms with van der Waals surface area (Å²) in [6.45, 7) is 10.3. The number of hydrogen-bond acceptors (Lipinski definition) is 11. The lowest BCUT2D eigenvalue weighted by Gasteiger charge is -2.43. The fourth-order valence-corrected chi connectivity index (χ4v) is 6.39. The zero-order valence-electron chi connectivity index (χ0n) is 25.2. The molecule has 3 aliphatic rings. The maximum Gasteiger partial charge on any atom is 0.271 e. The Labute approximate surface area is 253 Å². The van der Waals surface area contributed by atoms with Gasteiger partial charge < -0.3 is 35.3 Å². The Morgan fingerprint density at radius 1 is 1.02 bits per heavy atom. The SMILES string of the molecule is CCc1cc(Nc2nc(NC3CCOCC3)c(-c3cnco3)nc2C(N)=O)ccc1N1CCC(N2CCN(C)CC2)CC1. The fraction of sp³-hybridized carbons (Fsp3) is 0.548. The molecule has 43 heavy (non-hydrogen) atoms. The summed E-state index contributed by atoms with van der Waals surface area (Å²) in [4.78, 5) is 33.7. The molecular weight excluding hydrogens is 546 g/mol. The van der Waals surface area contributed by atoms with E-state index in [1.807, 2.05) is 6.07 Å². The molecule has 0 aliphatic carbocycles. The molecule has 0 spiro atoms. The van der Waals surface area contributed by atoms with Crippen LogP contribution in [0.4, 0.5) is 23.0 Å². The number of hydrogen-bond donors (Lipinski definition) is 3. The summed E-state index contributed by atoms with van der Waals surface area (Å²) in [7, 11) is 2.21. The van der Waals surface area contributed by atoms with Crippen molar-refractivity contribution in [3.8, 4) is 11.5 Å². The van der Waals surface area contributed by atoms with Crippen molar-refractivity contribution in [3.05, 3.63) is 42.0 Å². The van der Waals surface area contributed by atoms with Gasteiger partial charge in [-0.2, -0.15) is 0 Å². The third kappa shape index (κ3) is 6.76. The molecule has 0 bridgehead atoms. The van der Waals surface area contributed by atoms with Crippen molar-refractivity contribution in [2.45, 2.75) is 51.1 Å². The van der Waals surface area contributed by atoms with E-state index < -0.39 is 5.91 Å². The van der Waals surface area contributed by atoms with Crippen molar-refractivity contribution in [3.63, 3.8) is 0 Å². The van der Waals surface area contributed by atoms with Crippen LogP contribution in [0.2, 0.25) is 0 Å². The minimum absolute atomic E-state index is 0.0389. The van der Waals surface area contributed by atoms with E-state index in [4.69, 9.17) is 19.9 Å². The van der Waals surface area contributed by atoms with Crippen LogP contribution in [0, 0.1) is 0 Å². The maximum absolute atomic E-state index is 12.6. The zero-order chi connectivity index (χ0) is 29.8. The number of aromatic nitrogens is 3. The van der Waals surface area contributed by atoms with Crippen LogP contribution in [0.1, 0.15) is 48.7 Å². The highest BCUT2D eigenvalue weighted by Gasteiger charge is 2.28. The predicted molar refractivity (Wildman–Crippen MR) is 167 cm³/mol. The van der Waals surface area contributed by atoms with Crippen LogP contribution in [0.25, 0.3) is 11.5 Å². The molecule has 3 saturated heterocycles. The van der Waals surface area contributed by atoms with Gasteiger partial charge in [-0.15, -0.1) is 0 Å². The Morgan fingerprint density at radius 3 is 2.47 bits per heavy atom. The largest absolute Gasteiger partial charge is 0.442 e. The van der Waals surface area contributed by atoms with Crippen LogP contribution in [-0.2, 0) is 11.2 Å². The van der Waals surface area contributed by atoms with Crippen molar-refractivity contribution in [2.75, 3.05) is 75.1 Å². The number of nitrogens with two attached hydrogens (primary N) is 1. The standard InChI is InChI=1S/C31H43N9O3/c1-3-21-18-23(4-5-25(21)40-10-6-24(7-11-40)39-14-12-38(2)13-15-39)35-31-28(29(32)41)36-27(26-19-33-20-43-26)30(37-31)34-22-8-16-42-17-9-22/h4-5,18-20,22,24H,3,6-17H2,1-2H3,(H2,32,41)(H2,34,35,37). The molecule has 12 nitrogen and oxygen atoms in total. The summed E-state index contributed by atoms with van der Waals surface area (Å²) >= 11 is 0. The molecule has 3 aromatic rings. The van der Waals surface area contributed by atoms with Crippen molar-refractivity contribution >= 4 is 28.9 Å². The molecule has 4 N–H and O–H groups in total. The molecule has 1 amide bonds. The molecule has 0 unspecified atom stereocenters. The highest BCUT2D eigenvalue weighted by molar-refractivity contribution is 5.97. The second-order valence-corrected chi connectivity index (χ2v) is 11.8. The molecule has 5 heterocycles. The van der Waals surface area contributed by atoms with Crippen LogP contribution in [-0.4, -0.2) is 102 Å². The van der Waals surface area contributed by atoms with E-state index in [1.54, 1.807) is 6.20 Å². The maximum atomic E-state index is 12.6. The van der Waals surface area contributed by atoms with Crippen molar-refractivity contribution in [1.29, 1.82) is 0 Å². The Morgan fingerprint density at radius 2 is 1.79 bits per heavy atom. The number of benzene rings is 1. The van der Waals surface area contributed by atoms with Crippen LogP contribution in [0.15, 0.2) is 35.2 Å². The fourth-order valence-electron chi connectivity index (χ4n) is 6.39. The molecule has 3 fully saturated rings. The van der Waals surface area contributed by atoms with Crippen molar-refractivity contribution in [1.82, 2.24) is 24.8 Å². The quantitative estimate of drug-likeness (QED) is 0.339. The van der Waals surface area contributed by atoms with E-state index in [2.05, 4.69) is 61.4 Å². The molecule has 2 aromatic heterocycles. The van der Waals surface area contributed by atoms with Crippen molar-refractivity contribution < 1.29 is 13.9 Å². The topological polar surface area (TPSA) is 138 Å². The molecule has 0 radical (unpaired) electrons. The number of piperidine rings is 1. The summed E-state index contributed by atoms with van der Waals surface area (Å²) in [6, 6.07) is 7.20. The Balaban J connectivity index is 1.22. The smallest absolute Gasteiger partial charge is 0.271 e.